The molecule has 14 heavy (non-hydrogen) atoms. The summed E-state index contributed by atoms with van der Waals surface area (Å²) in [5.41, 5.74) is 9.89. The van der Waals surface area contributed by atoms with E-state index in [1.165, 1.54) is 7.11 Å². The van der Waals surface area contributed by atoms with Crippen molar-refractivity contribution in [3.8, 4) is 0 Å². The third kappa shape index (κ3) is 2.02. The number of carbonyl (C=O) groups excluding carboxylic acids is 1. The maximum Gasteiger partial charge on any atom is 0.338 e. The van der Waals surface area contributed by atoms with Gasteiger partial charge in [-0.1, -0.05) is 11.2 Å². The number of hydrogen-bond donors (Lipinski definition) is 0. The number of aryl methyl sites for hydroxylation is 1. The Kier molecular flexibility index (Phi) is 3.09. The SMILES string of the molecule is COC(=O)c1ccc(N=[N+]=[N-])cc1C. The fraction of sp³-hybridized carbons (Fsp3) is 0.222. The summed E-state index contributed by atoms with van der Waals surface area (Å²) in [6.45, 7) is 1.75. The van der Waals surface area contributed by atoms with Gasteiger partial charge in [0.1, 0.15) is 0 Å². The molecule has 0 heterocycles. The molecule has 0 aliphatic heterocycles. The Morgan fingerprint density at radius 2 is 2.29 bits per heavy atom. The van der Waals surface area contributed by atoms with Crippen molar-refractivity contribution in [1.82, 2.24) is 0 Å². The molecule has 1 aromatic rings. The molecular weight excluding hydrogens is 182 g/mol. The minimum Gasteiger partial charge on any atom is -0.465 e. The fourth-order valence-corrected chi connectivity index (χ4v) is 1.10. The van der Waals surface area contributed by atoms with Crippen molar-refractivity contribution in [2.75, 3.05) is 7.11 Å². The molecule has 0 aliphatic rings. The lowest BCUT2D eigenvalue weighted by molar-refractivity contribution is 0.0600. The van der Waals surface area contributed by atoms with E-state index < -0.39 is 5.97 Å². The second kappa shape index (κ2) is 4.30. The quantitative estimate of drug-likeness (QED) is 0.312. The second-order valence-corrected chi connectivity index (χ2v) is 2.68. The highest BCUT2D eigenvalue weighted by molar-refractivity contribution is 5.91. The van der Waals surface area contributed by atoms with Crippen molar-refractivity contribution in [3.05, 3.63) is 39.8 Å². The van der Waals surface area contributed by atoms with Crippen molar-refractivity contribution in [3.63, 3.8) is 0 Å². The number of hydrogen-bond acceptors (Lipinski definition) is 3. The van der Waals surface area contributed by atoms with Crippen LogP contribution in [0.1, 0.15) is 15.9 Å². The molecule has 0 amide bonds. The number of methoxy groups -OCH3 is 1. The first kappa shape index (κ1) is 10.1. The summed E-state index contributed by atoms with van der Waals surface area (Å²) in [6, 6.07) is 4.77. The molecule has 0 saturated heterocycles. The Labute approximate surface area is 80.9 Å². The first-order valence-electron chi connectivity index (χ1n) is 3.93. The van der Waals surface area contributed by atoms with Gasteiger partial charge in [-0.15, -0.1) is 0 Å². The monoisotopic (exact) mass is 191 g/mol. The molecule has 0 bridgehead atoms. The molecular formula is C9H9N3O2. The van der Waals surface area contributed by atoms with E-state index in [1.807, 2.05) is 0 Å². The van der Waals surface area contributed by atoms with Crippen LogP contribution in [0.5, 0.6) is 0 Å². The Morgan fingerprint density at radius 1 is 1.57 bits per heavy atom. The largest absolute Gasteiger partial charge is 0.465 e. The molecule has 0 saturated carbocycles. The van der Waals surface area contributed by atoms with E-state index in [2.05, 4.69) is 14.8 Å². The van der Waals surface area contributed by atoms with Crippen LogP contribution in [0.15, 0.2) is 23.3 Å². The minimum absolute atomic E-state index is 0.394. The van der Waals surface area contributed by atoms with Gasteiger partial charge >= 0.3 is 5.97 Å². The van der Waals surface area contributed by atoms with Crippen LogP contribution in [0.3, 0.4) is 0 Å². The van der Waals surface area contributed by atoms with Crippen LogP contribution in [-0.4, -0.2) is 13.1 Å². The highest BCUT2D eigenvalue weighted by Gasteiger charge is 2.08. The van der Waals surface area contributed by atoms with Gasteiger partial charge < -0.3 is 4.74 Å². The third-order valence-electron chi connectivity index (χ3n) is 1.78. The Morgan fingerprint density at radius 3 is 2.79 bits per heavy atom. The number of esters is 1. The van der Waals surface area contributed by atoms with Crippen LogP contribution in [-0.2, 0) is 4.74 Å². The van der Waals surface area contributed by atoms with E-state index in [4.69, 9.17) is 5.53 Å². The molecule has 0 aromatic heterocycles. The maximum atomic E-state index is 11.2. The molecule has 0 N–H and O–H groups in total. The summed E-state index contributed by atoms with van der Waals surface area (Å²) in [6.07, 6.45) is 0. The predicted octanol–water partition coefficient (Wildman–Crippen LogP) is 2.72. The minimum atomic E-state index is -0.394. The number of azide groups is 1. The number of nitrogens with zero attached hydrogens (tertiary/aromatic N) is 3. The van der Waals surface area contributed by atoms with Crippen LogP contribution in [0.2, 0.25) is 0 Å². The molecule has 0 atom stereocenters. The molecule has 0 unspecified atom stereocenters. The zero-order valence-corrected chi connectivity index (χ0v) is 7.89. The van der Waals surface area contributed by atoms with Gasteiger partial charge in [0.25, 0.3) is 0 Å². The van der Waals surface area contributed by atoms with Gasteiger partial charge in [-0.2, -0.15) is 0 Å². The van der Waals surface area contributed by atoms with Crippen molar-refractivity contribution < 1.29 is 9.53 Å². The Balaban J connectivity index is 3.13. The zero-order valence-electron chi connectivity index (χ0n) is 7.89. The van der Waals surface area contributed by atoms with E-state index in [0.29, 0.717) is 11.3 Å². The van der Waals surface area contributed by atoms with Crippen LogP contribution in [0.25, 0.3) is 10.4 Å². The lowest BCUT2D eigenvalue weighted by atomic mass is 10.1. The summed E-state index contributed by atoms with van der Waals surface area (Å²) >= 11 is 0. The van der Waals surface area contributed by atoms with E-state index in [9.17, 15) is 4.79 Å². The van der Waals surface area contributed by atoms with Gasteiger partial charge in [0.15, 0.2) is 0 Å². The molecule has 5 nitrogen and oxygen atoms in total. The smallest absolute Gasteiger partial charge is 0.338 e. The fourth-order valence-electron chi connectivity index (χ4n) is 1.10. The normalized spacial score (nSPS) is 9.00. The Bertz CT molecular complexity index is 409. The topological polar surface area (TPSA) is 75.1 Å². The van der Waals surface area contributed by atoms with Crippen LogP contribution >= 0.6 is 0 Å². The highest BCUT2D eigenvalue weighted by atomic mass is 16.5. The predicted molar refractivity (Wildman–Crippen MR) is 51.3 cm³/mol. The standard InChI is InChI=1S/C9H9N3O2/c1-6-5-7(11-12-10)3-4-8(6)9(13)14-2/h3-5H,1-2H3. The zero-order chi connectivity index (χ0) is 10.6. The molecule has 72 valence electrons. The summed E-state index contributed by atoms with van der Waals surface area (Å²) < 4.78 is 4.57. The summed E-state index contributed by atoms with van der Waals surface area (Å²) in [7, 11) is 1.32. The molecule has 0 radical (unpaired) electrons. The lowest BCUT2D eigenvalue weighted by Gasteiger charge is -2.03. The summed E-state index contributed by atoms with van der Waals surface area (Å²) in [5, 5.41) is 3.42. The van der Waals surface area contributed by atoms with Gasteiger partial charge in [-0.25, -0.2) is 4.79 Å². The first-order valence-corrected chi connectivity index (χ1v) is 3.93. The van der Waals surface area contributed by atoms with Gasteiger partial charge in [-0.05, 0) is 30.2 Å². The molecule has 1 rings (SSSR count). The van der Waals surface area contributed by atoms with E-state index in [1.54, 1.807) is 25.1 Å². The van der Waals surface area contributed by atoms with E-state index in [-0.39, 0.29) is 0 Å². The number of rotatable bonds is 2. The average molecular weight is 191 g/mol. The summed E-state index contributed by atoms with van der Waals surface area (Å²) in [5.74, 6) is -0.394. The van der Waals surface area contributed by atoms with Gasteiger partial charge in [-0.3, -0.25) is 0 Å². The second-order valence-electron chi connectivity index (χ2n) is 2.68. The van der Waals surface area contributed by atoms with E-state index in [0.717, 1.165) is 5.56 Å². The third-order valence-corrected chi connectivity index (χ3v) is 1.78. The van der Waals surface area contributed by atoms with Gasteiger partial charge in [0.2, 0.25) is 0 Å². The molecule has 0 spiro atoms. The number of carbonyl (C=O) groups is 1. The summed E-state index contributed by atoms with van der Waals surface area (Å²) in [4.78, 5) is 13.8. The Hall–Kier alpha value is -2.00. The highest BCUT2D eigenvalue weighted by Crippen LogP contribution is 2.18. The number of ether oxygens (including phenoxy) is 1. The van der Waals surface area contributed by atoms with Crippen molar-refractivity contribution in [2.24, 2.45) is 5.11 Å². The molecule has 1 aromatic carbocycles. The van der Waals surface area contributed by atoms with Gasteiger partial charge in [0, 0.05) is 10.6 Å². The van der Waals surface area contributed by atoms with Crippen molar-refractivity contribution in [1.29, 1.82) is 0 Å². The molecule has 0 aliphatic carbocycles. The average Bonchev–Trinajstić information content (AvgIpc) is 2.17. The van der Waals surface area contributed by atoms with Crippen LogP contribution in [0, 0.1) is 6.92 Å². The van der Waals surface area contributed by atoms with Crippen LogP contribution < -0.4 is 0 Å². The molecule has 0 fully saturated rings. The van der Waals surface area contributed by atoms with E-state index >= 15 is 0 Å². The van der Waals surface area contributed by atoms with Crippen molar-refractivity contribution >= 4 is 11.7 Å². The maximum absolute atomic E-state index is 11.2. The number of benzene rings is 1. The molecule has 5 heteroatoms. The van der Waals surface area contributed by atoms with Crippen LogP contribution in [0.4, 0.5) is 5.69 Å². The lowest BCUT2D eigenvalue weighted by Crippen LogP contribution is -2.02. The first-order chi connectivity index (χ1) is 6.69. The van der Waals surface area contributed by atoms with Gasteiger partial charge in [0.05, 0.1) is 12.7 Å². The van der Waals surface area contributed by atoms with Crippen molar-refractivity contribution in [2.45, 2.75) is 6.92 Å².